The molecule has 1 N–H and O–H groups in total. The minimum absolute atomic E-state index is 0.511. The molecule has 2 aliphatic heterocycles. The average Bonchev–Trinajstić information content (AvgIpc) is 2.35. The Morgan fingerprint density at radius 1 is 1.12 bits per heavy atom. The van der Waals surface area contributed by atoms with Crippen LogP contribution in [0.4, 0.5) is 0 Å². The normalized spacial score (nSPS) is 32.8. The van der Waals surface area contributed by atoms with E-state index in [0.717, 1.165) is 38.1 Å². The number of rotatable bonds is 4. The molecule has 2 fully saturated rings. The van der Waals surface area contributed by atoms with E-state index in [0.29, 0.717) is 6.10 Å². The number of nitrogens with one attached hydrogen (secondary N) is 1. The van der Waals surface area contributed by atoms with Gasteiger partial charge in [-0.2, -0.15) is 0 Å². The maximum atomic E-state index is 5.97. The first-order valence-electron chi connectivity index (χ1n) is 7.30. The largest absolute Gasteiger partial charge is 0.377 e. The first kappa shape index (κ1) is 13.3. The van der Waals surface area contributed by atoms with Crippen molar-refractivity contribution in [1.29, 1.82) is 0 Å². The van der Waals surface area contributed by atoms with Gasteiger partial charge in [-0.1, -0.05) is 13.8 Å². The van der Waals surface area contributed by atoms with E-state index < -0.39 is 0 Å². The number of hydrogen-bond acceptors (Lipinski definition) is 3. The maximum Gasteiger partial charge on any atom is 0.0600 e. The van der Waals surface area contributed by atoms with Gasteiger partial charge in [0.05, 0.1) is 12.7 Å². The number of piperidine rings is 2. The van der Waals surface area contributed by atoms with Gasteiger partial charge in [0, 0.05) is 13.1 Å². The fourth-order valence-electron chi connectivity index (χ4n) is 2.86. The molecule has 0 aromatic rings. The topological polar surface area (TPSA) is 24.5 Å². The molecule has 0 aliphatic carbocycles. The summed E-state index contributed by atoms with van der Waals surface area (Å²) in [5.74, 6) is 1.75. The Bertz CT molecular complexity index is 216. The molecular weight excluding hydrogens is 212 g/mol. The number of ether oxygens (including phenoxy) is 1. The molecule has 2 heterocycles. The molecule has 3 nitrogen and oxygen atoms in total. The van der Waals surface area contributed by atoms with Crippen LogP contribution >= 0.6 is 0 Å². The van der Waals surface area contributed by atoms with E-state index in [2.05, 4.69) is 24.1 Å². The van der Waals surface area contributed by atoms with Crippen LogP contribution in [0, 0.1) is 11.8 Å². The van der Waals surface area contributed by atoms with Crippen LogP contribution in [0.25, 0.3) is 0 Å². The van der Waals surface area contributed by atoms with Crippen molar-refractivity contribution in [2.45, 2.75) is 39.2 Å². The van der Waals surface area contributed by atoms with Crippen molar-refractivity contribution in [3.8, 4) is 0 Å². The highest BCUT2D eigenvalue weighted by Gasteiger charge is 2.22. The predicted molar refractivity (Wildman–Crippen MR) is 71.2 cm³/mol. The summed E-state index contributed by atoms with van der Waals surface area (Å²) in [4.78, 5) is 2.58. The van der Waals surface area contributed by atoms with Crippen molar-refractivity contribution < 1.29 is 4.74 Å². The van der Waals surface area contributed by atoms with Crippen LogP contribution in [0.15, 0.2) is 0 Å². The van der Waals surface area contributed by atoms with Gasteiger partial charge in [-0.05, 0) is 50.7 Å². The minimum atomic E-state index is 0.511. The first-order valence-corrected chi connectivity index (χ1v) is 7.30. The Hall–Kier alpha value is -0.120. The summed E-state index contributed by atoms with van der Waals surface area (Å²) in [6.07, 6.45) is 4.24. The van der Waals surface area contributed by atoms with E-state index in [-0.39, 0.29) is 0 Å². The molecule has 2 aliphatic rings. The van der Waals surface area contributed by atoms with Crippen LogP contribution in [-0.4, -0.2) is 50.3 Å². The average molecular weight is 240 g/mol. The van der Waals surface area contributed by atoms with Crippen molar-refractivity contribution >= 4 is 0 Å². The SMILES string of the molecule is CC1CCN(CCOC2CCNCC2)CC1C. The molecule has 3 heteroatoms. The highest BCUT2D eigenvalue weighted by Crippen LogP contribution is 2.22. The zero-order valence-corrected chi connectivity index (χ0v) is 11.5. The lowest BCUT2D eigenvalue weighted by atomic mass is 9.89. The van der Waals surface area contributed by atoms with Crippen LogP contribution < -0.4 is 5.32 Å². The van der Waals surface area contributed by atoms with Gasteiger partial charge in [-0.3, -0.25) is 0 Å². The molecule has 2 unspecified atom stereocenters. The third-order valence-corrected chi connectivity index (χ3v) is 4.47. The highest BCUT2D eigenvalue weighted by atomic mass is 16.5. The van der Waals surface area contributed by atoms with Crippen molar-refractivity contribution in [3.05, 3.63) is 0 Å². The fourth-order valence-corrected chi connectivity index (χ4v) is 2.86. The number of likely N-dealkylation sites (tertiary alicyclic amines) is 1. The van der Waals surface area contributed by atoms with Crippen LogP contribution in [0.2, 0.25) is 0 Å². The Kier molecular flexibility index (Phi) is 5.26. The summed E-state index contributed by atoms with van der Waals surface area (Å²) >= 11 is 0. The molecule has 0 saturated carbocycles. The molecule has 2 atom stereocenters. The Balaban J connectivity index is 1.58. The van der Waals surface area contributed by atoms with Gasteiger partial charge in [0.15, 0.2) is 0 Å². The third-order valence-electron chi connectivity index (χ3n) is 4.47. The first-order chi connectivity index (χ1) is 8.25. The van der Waals surface area contributed by atoms with E-state index in [1.807, 2.05) is 0 Å². The van der Waals surface area contributed by atoms with Crippen molar-refractivity contribution in [2.24, 2.45) is 11.8 Å². The van der Waals surface area contributed by atoms with Crippen molar-refractivity contribution in [3.63, 3.8) is 0 Å². The number of hydrogen-bond donors (Lipinski definition) is 1. The summed E-state index contributed by atoms with van der Waals surface area (Å²) in [5.41, 5.74) is 0. The van der Waals surface area contributed by atoms with E-state index in [4.69, 9.17) is 4.74 Å². The van der Waals surface area contributed by atoms with E-state index in [9.17, 15) is 0 Å². The molecule has 100 valence electrons. The molecule has 2 saturated heterocycles. The summed E-state index contributed by atoms with van der Waals surface area (Å²) in [5, 5.41) is 3.37. The fraction of sp³-hybridized carbons (Fsp3) is 1.00. The molecule has 0 amide bonds. The van der Waals surface area contributed by atoms with Gasteiger partial charge in [0.25, 0.3) is 0 Å². The third kappa shape index (κ3) is 4.23. The second kappa shape index (κ2) is 6.72. The zero-order valence-electron chi connectivity index (χ0n) is 11.5. The molecule has 0 spiro atoms. The van der Waals surface area contributed by atoms with Crippen molar-refractivity contribution in [2.75, 3.05) is 39.3 Å². The summed E-state index contributed by atoms with van der Waals surface area (Å²) in [7, 11) is 0. The standard InChI is InChI=1S/C14H28N2O/c1-12-5-8-16(11-13(12)2)9-10-17-14-3-6-15-7-4-14/h12-15H,3-11H2,1-2H3. The van der Waals surface area contributed by atoms with Gasteiger partial charge in [0.1, 0.15) is 0 Å². The van der Waals surface area contributed by atoms with Crippen LogP contribution in [0.3, 0.4) is 0 Å². The van der Waals surface area contributed by atoms with Gasteiger partial charge in [0.2, 0.25) is 0 Å². The predicted octanol–water partition coefficient (Wildman–Crippen LogP) is 1.73. The maximum absolute atomic E-state index is 5.97. The number of nitrogens with zero attached hydrogens (tertiary/aromatic N) is 1. The second-order valence-corrected chi connectivity index (χ2v) is 5.86. The molecule has 0 radical (unpaired) electrons. The molecule has 2 rings (SSSR count). The van der Waals surface area contributed by atoms with E-state index in [1.54, 1.807) is 0 Å². The second-order valence-electron chi connectivity index (χ2n) is 5.86. The van der Waals surface area contributed by atoms with Crippen molar-refractivity contribution in [1.82, 2.24) is 10.2 Å². The summed E-state index contributed by atoms with van der Waals surface area (Å²) in [6, 6.07) is 0. The van der Waals surface area contributed by atoms with Crippen LogP contribution in [0.1, 0.15) is 33.1 Å². The lowest BCUT2D eigenvalue weighted by molar-refractivity contribution is 0.0114. The Labute approximate surface area is 106 Å². The monoisotopic (exact) mass is 240 g/mol. The van der Waals surface area contributed by atoms with E-state index >= 15 is 0 Å². The van der Waals surface area contributed by atoms with Gasteiger partial charge in [-0.25, -0.2) is 0 Å². The molecular formula is C14H28N2O. The minimum Gasteiger partial charge on any atom is -0.377 e. The van der Waals surface area contributed by atoms with Gasteiger partial charge >= 0.3 is 0 Å². The smallest absolute Gasteiger partial charge is 0.0600 e. The molecule has 0 aromatic heterocycles. The van der Waals surface area contributed by atoms with E-state index in [1.165, 1.54) is 32.4 Å². The lowest BCUT2D eigenvalue weighted by Gasteiger charge is -2.35. The quantitative estimate of drug-likeness (QED) is 0.810. The lowest BCUT2D eigenvalue weighted by Crippen LogP contribution is -2.41. The molecule has 0 bridgehead atoms. The Morgan fingerprint density at radius 2 is 1.88 bits per heavy atom. The highest BCUT2D eigenvalue weighted by molar-refractivity contribution is 4.75. The Morgan fingerprint density at radius 3 is 2.59 bits per heavy atom. The zero-order chi connectivity index (χ0) is 12.1. The molecule has 17 heavy (non-hydrogen) atoms. The molecule has 0 aromatic carbocycles. The van der Waals surface area contributed by atoms with Crippen LogP contribution in [-0.2, 0) is 4.74 Å². The summed E-state index contributed by atoms with van der Waals surface area (Å²) in [6.45, 7) is 11.6. The summed E-state index contributed by atoms with van der Waals surface area (Å²) < 4.78 is 5.97. The van der Waals surface area contributed by atoms with Gasteiger partial charge < -0.3 is 15.0 Å². The van der Waals surface area contributed by atoms with Crippen LogP contribution in [0.5, 0.6) is 0 Å². The van der Waals surface area contributed by atoms with Gasteiger partial charge in [-0.15, -0.1) is 0 Å².